The van der Waals surface area contributed by atoms with Gasteiger partial charge in [-0.1, -0.05) is 37.3 Å². The molecule has 0 saturated heterocycles. The van der Waals surface area contributed by atoms with Crippen molar-refractivity contribution in [3.05, 3.63) is 65.7 Å². The summed E-state index contributed by atoms with van der Waals surface area (Å²) in [5, 5.41) is 2.92. The smallest absolute Gasteiger partial charge is 0.251 e. The summed E-state index contributed by atoms with van der Waals surface area (Å²) < 4.78 is 25.0. The van der Waals surface area contributed by atoms with Crippen LogP contribution >= 0.6 is 0 Å². The Morgan fingerprint density at radius 2 is 1.68 bits per heavy atom. The number of anilines is 1. The summed E-state index contributed by atoms with van der Waals surface area (Å²) in [6.45, 7) is 4.19. The fourth-order valence-electron chi connectivity index (χ4n) is 2.42. The molecule has 0 aliphatic heterocycles. The van der Waals surface area contributed by atoms with E-state index in [2.05, 4.69) is 12.2 Å². The first-order chi connectivity index (χ1) is 11.8. The van der Waals surface area contributed by atoms with E-state index in [9.17, 15) is 13.2 Å². The maximum Gasteiger partial charge on any atom is 0.251 e. The summed E-state index contributed by atoms with van der Waals surface area (Å²) in [6.07, 6.45) is 0. The Labute approximate surface area is 149 Å². The highest BCUT2D eigenvalue weighted by Crippen LogP contribution is 2.18. The molecule has 0 radical (unpaired) electrons. The molecule has 0 spiro atoms. The first-order valence-corrected chi connectivity index (χ1v) is 9.86. The minimum atomic E-state index is -3.30. The first-order valence-electron chi connectivity index (χ1n) is 8.25. The van der Waals surface area contributed by atoms with Crippen molar-refractivity contribution < 1.29 is 13.2 Å². The molecule has 1 atom stereocenters. The van der Waals surface area contributed by atoms with Gasteiger partial charge < -0.3 is 5.32 Å². The average molecular weight is 360 g/mol. The van der Waals surface area contributed by atoms with Crippen molar-refractivity contribution in [2.75, 3.05) is 23.7 Å². The van der Waals surface area contributed by atoms with Crippen LogP contribution < -0.4 is 9.62 Å². The molecule has 0 fully saturated rings. The van der Waals surface area contributed by atoms with Crippen LogP contribution in [0.25, 0.3) is 0 Å². The molecule has 1 N–H and O–H groups in total. The van der Waals surface area contributed by atoms with Crippen LogP contribution in [0.5, 0.6) is 0 Å². The lowest BCUT2D eigenvalue weighted by Gasteiger charge is -2.18. The van der Waals surface area contributed by atoms with Gasteiger partial charge in [-0.2, -0.15) is 0 Å². The lowest BCUT2D eigenvalue weighted by molar-refractivity contribution is 0.0951. The number of hydrogen-bond acceptors (Lipinski definition) is 3. The lowest BCUT2D eigenvalue weighted by Crippen LogP contribution is -2.29. The van der Waals surface area contributed by atoms with Crippen molar-refractivity contribution in [3.8, 4) is 0 Å². The van der Waals surface area contributed by atoms with E-state index in [4.69, 9.17) is 0 Å². The van der Waals surface area contributed by atoms with Gasteiger partial charge in [0.05, 0.1) is 11.4 Å². The number of amides is 1. The van der Waals surface area contributed by atoms with E-state index >= 15 is 0 Å². The standard InChI is InChI=1S/C19H24N2O3S/c1-4-25(23,24)21(3)18-12-10-17(11-13-18)19(22)20-14-15(2)16-8-6-5-7-9-16/h5-13,15H,4,14H2,1-3H3,(H,20,22)/t15-/m1/s1. The van der Waals surface area contributed by atoms with Gasteiger partial charge in [0.15, 0.2) is 0 Å². The zero-order valence-electron chi connectivity index (χ0n) is 14.8. The summed E-state index contributed by atoms with van der Waals surface area (Å²) in [7, 11) is -1.79. The summed E-state index contributed by atoms with van der Waals surface area (Å²) in [6, 6.07) is 16.6. The van der Waals surface area contributed by atoms with Gasteiger partial charge in [0.2, 0.25) is 10.0 Å². The highest BCUT2D eigenvalue weighted by Gasteiger charge is 2.16. The molecule has 25 heavy (non-hydrogen) atoms. The Morgan fingerprint density at radius 3 is 2.24 bits per heavy atom. The normalized spacial score (nSPS) is 12.4. The summed E-state index contributed by atoms with van der Waals surface area (Å²) >= 11 is 0. The Morgan fingerprint density at radius 1 is 1.08 bits per heavy atom. The van der Waals surface area contributed by atoms with Gasteiger partial charge in [-0.3, -0.25) is 9.10 Å². The number of nitrogens with zero attached hydrogens (tertiary/aromatic N) is 1. The molecule has 6 heteroatoms. The predicted molar refractivity (Wildman–Crippen MR) is 101 cm³/mol. The number of carbonyl (C=O) groups excluding carboxylic acids is 1. The van der Waals surface area contributed by atoms with E-state index in [1.54, 1.807) is 31.2 Å². The molecule has 134 valence electrons. The number of carbonyl (C=O) groups is 1. The summed E-state index contributed by atoms with van der Waals surface area (Å²) in [4.78, 5) is 12.3. The van der Waals surface area contributed by atoms with Crippen LogP contribution in [0, 0.1) is 0 Å². The molecule has 0 aliphatic carbocycles. The monoisotopic (exact) mass is 360 g/mol. The molecule has 0 heterocycles. The fourth-order valence-corrected chi connectivity index (χ4v) is 3.25. The van der Waals surface area contributed by atoms with Gasteiger partial charge in [0.25, 0.3) is 5.91 Å². The van der Waals surface area contributed by atoms with Crippen LogP contribution in [0.3, 0.4) is 0 Å². The number of hydrogen-bond donors (Lipinski definition) is 1. The van der Waals surface area contributed by atoms with Crippen molar-refractivity contribution in [1.82, 2.24) is 5.32 Å². The number of nitrogens with one attached hydrogen (secondary N) is 1. The minimum Gasteiger partial charge on any atom is -0.351 e. The molecule has 0 aromatic heterocycles. The second-order valence-corrected chi connectivity index (χ2v) is 8.23. The van der Waals surface area contributed by atoms with Crippen LogP contribution in [0.1, 0.15) is 35.7 Å². The van der Waals surface area contributed by atoms with Crippen LogP contribution in [-0.4, -0.2) is 33.7 Å². The first kappa shape index (κ1) is 19.0. The maximum absolute atomic E-state index is 12.3. The second-order valence-electron chi connectivity index (χ2n) is 5.94. The lowest BCUT2D eigenvalue weighted by atomic mass is 10.0. The molecule has 2 rings (SSSR count). The average Bonchev–Trinajstić information content (AvgIpc) is 2.66. The van der Waals surface area contributed by atoms with Crippen LogP contribution in [0.4, 0.5) is 5.69 Å². The van der Waals surface area contributed by atoms with Gasteiger partial charge in [-0.05, 0) is 42.7 Å². The van der Waals surface area contributed by atoms with Gasteiger partial charge in [-0.15, -0.1) is 0 Å². The van der Waals surface area contributed by atoms with E-state index in [0.29, 0.717) is 17.8 Å². The quantitative estimate of drug-likeness (QED) is 0.825. The molecule has 0 saturated carbocycles. The molecule has 0 aliphatic rings. The van der Waals surface area contributed by atoms with Gasteiger partial charge in [-0.25, -0.2) is 8.42 Å². The van der Waals surface area contributed by atoms with Crippen molar-refractivity contribution in [1.29, 1.82) is 0 Å². The third kappa shape index (κ3) is 4.82. The molecule has 0 bridgehead atoms. The molecular formula is C19H24N2O3S. The molecule has 0 unspecified atom stereocenters. The van der Waals surface area contributed by atoms with E-state index in [1.165, 1.54) is 16.9 Å². The van der Waals surface area contributed by atoms with Crippen LogP contribution in [0.15, 0.2) is 54.6 Å². The van der Waals surface area contributed by atoms with Crippen molar-refractivity contribution >= 4 is 21.6 Å². The maximum atomic E-state index is 12.3. The summed E-state index contributed by atoms with van der Waals surface area (Å²) in [5.74, 6) is 0.0731. The Balaban J connectivity index is 1.99. The number of sulfonamides is 1. The zero-order valence-corrected chi connectivity index (χ0v) is 15.6. The minimum absolute atomic E-state index is 0.0309. The molecule has 2 aromatic rings. The highest BCUT2D eigenvalue weighted by atomic mass is 32.2. The largest absolute Gasteiger partial charge is 0.351 e. The Hall–Kier alpha value is -2.34. The number of rotatable bonds is 7. The van der Waals surface area contributed by atoms with Crippen molar-refractivity contribution in [3.63, 3.8) is 0 Å². The van der Waals surface area contributed by atoms with Crippen molar-refractivity contribution in [2.45, 2.75) is 19.8 Å². The molecular weight excluding hydrogens is 336 g/mol. The van der Waals surface area contributed by atoms with Gasteiger partial charge in [0, 0.05) is 19.2 Å². The summed E-state index contributed by atoms with van der Waals surface area (Å²) in [5.41, 5.74) is 2.21. The van der Waals surface area contributed by atoms with Crippen LogP contribution in [0.2, 0.25) is 0 Å². The van der Waals surface area contributed by atoms with E-state index in [1.807, 2.05) is 30.3 Å². The zero-order chi connectivity index (χ0) is 18.4. The Bertz CT molecular complexity index is 802. The molecule has 2 aromatic carbocycles. The van der Waals surface area contributed by atoms with E-state index < -0.39 is 10.0 Å². The fraction of sp³-hybridized carbons (Fsp3) is 0.316. The Kier molecular flexibility index (Phi) is 6.20. The van der Waals surface area contributed by atoms with Crippen LogP contribution in [-0.2, 0) is 10.0 Å². The van der Waals surface area contributed by atoms with Crippen molar-refractivity contribution in [2.24, 2.45) is 0 Å². The molecule has 1 amide bonds. The topological polar surface area (TPSA) is 66.5 Å². The third-order valence-electron chi connectivity index (χ3n) is 4.21. The SMILES string of the molecule is CCS(=O)(=O)N(C)c1ccc(C(=O)NC[C@@H](C)c2ccccc2)cc1. The van der Waals surface area contributed by atoms with Gasteiger partial charge in [0.1, 0.15) is 0 Å². The predicted octanol–water partition coefficient (Wildman–Crippen LogP) is 3.01. The number of benzene rings is 2. The van der Waals surface area contributed by atoms with E-state index in [0.717, 1.165) is 0 Å². The van der Waals surface area contributed by atoms with Gasteiger partial charge >= 0.3 is 0 Å². The van der Waals surface area contributed by atoms with E-state index in [-0.39, 0.29) is 17.6 Å². The second kappa shape index (κ2) is 8.16. The third-order valence-corrected chi connectivity index (χ3v) is 5.99. The molecule has 5 nitrogen and oxygen atoms in total. The highest BCUT2D eigenvalue weighted by molar-refractivity contribution is 7.92.